The monoisotopic (exact) mass is 573 g/mol. The lowest BCUT2D eigenvalue weighted by Gasteiger charge is -2.27. The van der Waals surface area contributed by atoms with Gasteiger partial charge in [-0.05, 0) is 29.2 Å². The van der Waals surface area contributed by atoms with Crippen LogP contribution in [0.5, 0.6) is 0 Å². The Morgan fingerprint density at radius 3 is 2.41 bits per heavy atom. The van der Waals surface area contributed by atoms with Gasteiger partial charge in [0.25, 0.3) is 5.56 Å². The molecule has 1 aliphatic rings. The minimum Gasteiger partial charge on any atom is -0.378 e. The van der Waals surface area contributed by atoms with Gasteiger partial charge < -0.3 is 9.64 Å². The first-order valence-corrected chi connectivity index (χ1v) is 14.1. The Morgan fingerprint density at radius 2 is 1.73 bits per heavy atom. The van der Waals surface area contributed by atoms with Crippen LogP contribution in [0.25, 0.3) is 32.7 Å². The van der Waals surface area contributed by atoms with Crippen LogP contribution in [0.3, 0.4) is 0 Å². The third kappa shape index (κ3) is 5.19. The van der Waals surface area contributed by atoms with E-state index in [1.807, 2.05) is 61.5 Å². The predicted molar refractivity (Wildman–Crippen MR) is 154 cm³/mol. The van der Waals surface area contributed by atoms with E-state index in [1.165, 1.54) is 11.3 Å². The van der Waals surface area contributed by atoms with Crippen molar-refractivity contribution in [3.63, 3.8) is 0 Å². The van der Waals surface area contributed by atoms with Gasteiger partial charge in [0.1, 0.15) is 11.4 Å². The number of carbonyl (C=O) groups excluding carboxylic acids is 1. The molecule has 5 aromatic rings. The van der Waals surface area contributed by atoms with E-state index in [2.05, 4.69) is 14.7 Å². The molecule has 6 rings (SSSR count). The second-order valence-electron chi connectivity index (χ2n) is 9.72. The van der Waals surface area contributed by atoms with Crippen LogP contribution >= 0.6 is 11.3 Å². The summed E-state index contributed by atoms with van der Waals surface area (Å²) in [6.45, 7) is 3.65. The third-order valence-corrected chi connectivity index (χ3v) is 8.48. The van der Waals surface area contributed by atoms with Crippen molar-refractivity contribution in [1.82, 2.24) is 24.2 Å². The molecule has 0 radical (unpaired) electrons. The first-order valence-electron chi connectivity index (χ1n) is 13.3. The summed E-state index contributed by atoms with van der Waals surface area (Å²) < 4.78 is 12.6. The van der Waals surface area contributed by atoms with Gasteiger partial charge in [-0.25, -0.2) is 9.59 Å². The highest BCUT2D eigenvalue weighted by Gasteiger charge is 2.22. The van der Waals surface area contributed by atoms with Gasteiger partial charge in [0.2, 0.25) is 5.91 Å². The van der Waals surface area contributed by atoms with E-state index < -0.39 is 17.0 Å². The molecule has 1 N–H and O–H groups in total. The molecule has 1 fully saturated rings. The number of morpholine rings is 1. The molecular weight excluding hydrogens is 546 g/mol. The molecule has 12 heteroatoms. The highest BCUT2D eigenvalue weighted by molar-refractivity contribution is 7.18. The van der Waals surface area contributed by atoms with E-state index in [0.29, 0.717) is 47.9 Å². The van der Waals surface area contributed by atoms with Crippen molar-refractivity contribution < 1.29 is 14.1 Å². The van der Waals surface area contributed by atoms with Crippen molar-refractivity contribution in [2.75, 3.05) is 26.3 Å². The van der Waals surface area contributed by atoms with Crippen molar-refractivity contribution >= 4 is 27.5 Å². The number of aromatic nitrogens is 4. The Morgan fingerprint density at radius 1 is 1.00 bits per heavy atom. The summed E-state index contributed by atoms with van der Waals surface area (Å²) in [5, 5.41) is 4.26. The second kappa shape index (κ2) is 11.1. The van der Waals surface area contributed by atoms with Gasteiger partial charge in [0.15, 0.2) is 5.82 Å². The molecule has 11 nitrogen and oxygen atoms in total. The van der Waals surface area contributed by atoms with Gasteiger partial charge in [-0.3, -0.25) is 28.2 Å². The van der Waals surface area contributed by atoms with Crippen molar-refractivity contribution in [2.24, 2.45) is 0 Å². The fourth-order valence-electron chi connectivity index (χ4n) is 5.01. The molecule has 0 saturated carbocycles. The fraction of sp³-hybridized carbons (Fsp3) is 0.276. The van der Waals surface area contributed by atoms with Gasteiger partial charge in [-0.2, -0.15) is 0 Å². The lowest BCUT2D eigenvalue weighted by Crippen LogP contribution is -2.47. The van der Waals surface area contributed by atoms with Gasteiger partial charge in [0, 0.05) is 23.5 Å². The molecule has 3 aromatic heterocycles. The molecule has 0 unspecified atom stereocenters. The first-order chi connectivity index (χ1) is 19.9. The topological polar surface area (TPSA) is 132 Å². The molecule has 41 heavy (non-hydrogen) atoms. The number of ether oxygens (including phenoxy) is 1. The Labute approximate surface area is 237 Å². The zero-order valence-electron chi connectivity index (χ0n) is 22.3. The van der Waals surface area contributed by atoms with Gasteiger partial charge in [-0.15, -0.1) is 11.3 Å². The number of aryl methyl sites for hydroxylation is 1. The van der Waals surface area contributed by atoms with E-state index in [-0.39, 0.29) is 19.0 Å². The van der Waals surface area contributed by atoms with E-state index in [9.17, 15) is 19.2 Å². The minimum absolute atomic E-state index is 0.226. The number of hydrogen-bond donors (Lipinski definition) is 1. The zero-order chi connectivity index (χ0) is 28.5. The van der Waals surface area contributed by atoms with Gasteiger partial charge in [0.05, 0.1) is 25.1 Å². The van der Waals surface area contributed by atoms with Crippen LogP contribution in [0.1, 0.15) is 17.4 Å². The summed E-state index contributed by atoms with van der Waals surface area (Å²) in [6.07, 6.45) is 0.727. The molecule has 1 amide bonds. The van der Waals surface area contributed by atoms with Crippen LogP contribution in [-0.2, 0) is 29.0 Å². The molecule has 1 saturated heterocycles. The number of thiophene rings is 1. The number of hydrogen-bond acceptors (Lipinski definition) is 8. The van der Waals surface area contributed by atoms with Crippen LogP contribution < -0.4 is 17.0 Å². The summed E-state index contributed by atoms with van der Waals surface area (Å²) in [4.78, 5) is 57.4. The molecule has 2 aromatic carbocycles. The maximum absolute atomic E-state index is 13.7. The average Bonchev–Trinajstić information content (AvgIpc) is 3.65. The second-order valence-corrected chi connectivity index (χ2v) is 10.8. The third-order valence-electron chi connectivity index (χ3n) is 7.18. The number of H-pyrrole nitrogens is 1. The van der Waals surface area contributed by atoms with E-state index in [1.54, 1.807) is 9.47 Å². The van der Waals surface area contributed by atoms with Crippen molar-refractivity contribution in [3.05, 3.63) is 96.4 Å². The van der Waals surface area contributed by atoms with E-state index in [4.69, 9.17) is 4.74 Å². The standard InChI is InChI=1S/C29H27N5O6S/c1-2-20-15-23-26(36)33(17-24(35)32-11-13-39-14-12-32)29(38)34(27(23)41-20)16-18-7-9-19(10-8-18)21-5-3-4-6-22(21)25-30-28(37)40-31-25/h3-10,15H,2,11-14,16-17H2,1H3,(H,30,31,37). The van der Waals surface area contributed by atoms with Crippen LogP contribution in [0.15, 0.2) is 73.5 Å². The summed E-state index contributed by atoms with van der Waals surface area (Å²) in [7, 11) is 0. The Bertz CT molecular complexity index is 1910. The maximum atomic E-state index is 13.7. The smallest absolute Gasteiger partial charge is 0.378 e. The summed E-state index contributed by atoms with van der Waals surface area (Å²) in [5.41, 5.74) is 2.34. The van der Waals surface area contributed by atoms with Crippen LogP contribution in [0.4, 0.5) is 0 Å². The van der Waals surface area contributed by atoms with Crippen LogP contribution in [-0.4, -0.2) is 56.4 Å². The molecule has 0 bridgehead atoms. The Hall–Kier alpha value is -4.55. The number of nitrogens with one attached hydrogen (secondary N) is 1. The summed E-state index contributed by atoms with van der Waals surface area (Å²) in [6, 6.07) is 17.0. The number of benzene rings is 2. The largest absolute Gasteiger partial charge is 0.439 e. The molecule has 4 heterocycles. The lowest BCUT2D eigenvalue weighted by molar-refractivity contribution is -0.136. The molecule has 0 atom stereocenters. The number of rotatable bonds is 7. The normalized spacial score (nSPS) is 13.6. The number of aromatic amines is 1. The number of carbonyl (C=O) groups is 1. The number of amides is 1. The highest BCUT2D eigenvalue weighted by Crippen LogP contribution is 2.30. The Balaban J connectivity index is 1.36. The maximum Gasteiger partial charge on any atom is 0.439 e. The van der Waals surface area contributed by atoms with Gasteiger partial charge in [-0.1, -0.05) is 60.6 Å². The van der Waals surface area contributed by atoms with Crippen molar-refractivity contribution in [1.29, 1.82) is 0 Å². The lowest BCUT2D eigenvalue weighted by atomic mass is 9.98. The van der Waals surface area contributed by atoms with E-state index >= 15 is 0 Å². The Kier molecular flexibility index (Phi) is 7.25. The summed E-state index contributed by atoms with van der Waals surface area (Å²) >= 11 is 1.42. The first kappa shape index (κ1) is 26.7. The molecule has 210 valence electrons. The quantitative estimate of drug-likeness (QED) is 0.317. The highest BCUT2D eigenvalue weighted by atomic mass is 32.1. The van der Waals surface area contributed by atoms with Crippen LogP contribution in [0, 0.1) is 0 Å². The van der Waals surface area contributed by atoms with Crippen LogP contribution in [0.2, 0.25) is 0 Å². The number of nitrogens with zero attached hydrogens (tertiary/aromatic N) is 4. The fourth-order valence-corrected chi connectivity index (χ4v) is 6.09. The predicted octanol–water partition coefficient (Wildman–Crippen LogP) is 2.70. The zero-order valence-corrected chi connectivity index (χ0v) is 23.1. The minimum atomic E-state index is -0.630. The van der Waals surface area contributed by atoms with E-state index in [0.717, 1.165) is 32.6 Å². The SMILES string of the molecule is CCc1cc2c(=O)n(CC(=O)N3CCOCC3)c(=O)n(Cc3ccc(-c4ccccc4-c4noc(=O)[nH]4)cc3)c2s1. The molecular formula is C29H27N5O6S. The summed E-state index contributed by atoms with van der Waals surface area (Å²) in [5.74, 6) is -0.572. The average molecular weight is 574 g/mol. The van der Waals surface area contributed by atoms with Crippen molar-refractivity contribution in [2.45, 2.75) is 26.4 Å². The van der Waals surface area contributed by atoms with Gasteiger partial charge >= 0.3 is 11.4 Å². The van der Waals surface area contributed by atoms with Crippen molar-refractivity contribution in [3.8, 4) is 22.5 Å². The molecule has 1 aliphatic heterocycles. The number of fused-ring (bicyclic) bond motifs is 1. The molecule has 0 aliphatic carbocycles. The molecule has 0 spiro atoms.